The van der Waals surface area contributed by atoms with E-state index in [9.17, 15) is 4.79 Å². The Morgan fingerprint density at radius 3 is 1.79 bits per heavy atom. The van der Waals surface area contributed by atoms with Crippen molar-refractivity contribution >= 4 is 21.7 Å². The van der Waals surface area contributed by atoms with E-state index < -0.39 is 0 Å². The molecule has 0 bridgehead atoms. The van der Waals surface area contributed by atoms with Crippen LogP contribution in [0.25, 0.3) is 0 Å². The van der Waals surface area contributed by atoms with Crippen LogP contribution in [0.5, 0.6) is 0 Å². The van der Waals surface area contributed by atoms with Gasteiger partial charge in [0.2, 0.25) is 0 Å². The molecule has 0 aromatic carbocycles. The van der Waals surface area contributed by atoms with E-state index in [0.717, 1.165) is 56.2 Å². The van der Waals surface area contributed by atoms with Crippen molar-refractivity contribution in [3.05, 3.63) is 11.3 Å². The summed E-state index contributed by atoms with van der Waals surface area (Å²) in [7, 11) is 0. The first-order valence-corrected chi connectivity index (χ1v) is 11.4. The average molecular weight is 409 g/mol. The summed E-state index contributed by atoms with van der Waals surface area (Å²) in [5.74, 6) is 0.361. The quantitative estimate of drug-likeness (QED) is 0.421. The van der Waals surface area contributed by atoms with Gasteiger partial charge in [0.15, 0.2) is 5.78 Å². The number of Topliss-reactive ketones (excluding diaryl/α,β-unsaturated/α-hetero) is 1. The molecule has 0 saturated heterocycles. The minimum absolute atomic E-state index is 0.361. The lowest BCUT2D eigenvalue weighted by Crippen LogP contribution is -2.31. The number of rotatable bonds is 6. The predicted octanol–water partition coefficient (Wildman–Crippen LogP) is 7.62. The molecule has 1 aliphatic rings. The van der Waals surface area contributed by atoms with Crippen molar-refractivity contribution in [2.75, 3.05) is 18.4 Å². The van der Waals surface area contributed by atoms with Gasteiger partial charge in [0, 0.05) is 24.8 Å². The van der Waals surface area contributed by atoms with Crippen molar-refractivity contribution in [1.29, 1.82) is 0 Å². The molecule has 1 rings (SSSR count). The highest BCUT2D eigenvalue weighted by atomic mass is 79.9. The van der Waals surface area contributed by atoms with E-state index in [0.29, 0.717) is 5.78 Å². The first-order chi connectivity index (χ1) is 11.7. The number of carbonyl (C=O) groups is 1. The number of allylic oxidation sites excluding steroid dienone is 2. The number of nitrogens with zero attached hydrogens (tertiary/aromatic N) is 1. The Balaban J connectivity index is -0.000000218. The van der Waals surface area contributed by atoms with E-state index in [2.05, 4.69) is 34.7 Å². The summed E-state index contributed by atoms with van der Waals surface area (Å²) in [6, 6.07) is 0. The van der Waals surface area contributed by atoms with Gasteiger partial charge < -0.3 is 4.90 Å². The van der Waals surface area contributed by atoms with Crippen LogP contribution in [0.4, 0.5) is 0 Å². The van der Waals surface area contributed by atoms with Gasteiger partial charge in [0.1, 0.15) is 0 Å². The number of likely N-dealkylation sites (N-methyl/N-ethyl adjacent to an activating group) is 1. The lowest BCUT2D eigenvalue weighted by Gasteiger charge is -2.30. The summed E-state index contributed by atoms with van der Waals surface area (Å²) in [4.78, 5) is 14.3. The van der Waals surface area contributed by atoms with Crippen molar-refractivity contribution in [3.63, 3.8) is 0 Å². The van der Waals surface area contributed by atoms with Gasteiger partial charge in [0.25, 0.3) is 0 Å². The Bertz CT molecular complexity index is 275. The molecule has 0 atom stereocenters. The Kier molecular flexibility index (Phi) is 36.1. The van der Waals surface area contributed by atoms with E-state index >= 15 is 0 Å². The maximum Gasteiger partial charge on any atom is 0.178 e. The van der Waals surface area contributed by atoms with Crippen LogP contribution in [-0.2, 0) is 4.79 Å². The number of ketones is 1. The maximum absolute atomic E-state index is 12.0. The topological polar surface area (TPSA) is 20.3 Å². The van der Waals surface area contributed by atoms with Crippen LogP contribution < -0.4 is 0 Å². The summed E-state index contributed by atoms with van der Waals surface area (Å²) in [5, 5.41) is 1.01. The Morgan fingerprint density at radius 2 is 1.42 bits per heavy atom. The standard InChI is InChI=1S/C13H22BrNO.4C2H6/c1-3-11-7-5-8-12(16)13(11)15(4-2)10-6-9-14;4*1-2/h3-10H2,1-2H3;4*1-2H3. The minimum Gasteiger partial charge on any atom is -0.369 e. The second-order valence-electron chi connectivity index (χ2n) is 4.20. The summed E-state index contributed by atoms with van der Waals surface area (Å²) in [6.45, 7) is 22.2. The molecule has 0 N–H and O–H groups in total. The number of carbonyl (C=O) groups excluding carboxylic acids is 1. The Hall–Kier alpha value is -0.310. The smallest absolute Gasteiger partial charge is 0.178 e. The van der Waals surface area contributed by atoms with E-state index in [4.69, 9.17) is 0 Å². The Morgan fingerprint density at radius 1 is 0.917 bits per heavy atom. The zero-order valence-corrected chi connectivity index (χ0v) is 20.0. The zero-order chi connectivity index (χ0) is 20.0. The van der Waals surface area contributed by atoms with E-state index in [1.807, 2.05) is 55.4 Å². The number of hydrogen-bond donors (Lipinski definition) is 0. The molecule has 0 radical (unpaired) electrons. The fourth-order valence-electron chi connectivity index (χ4n) is 2.32. The third-order valence-electron chi connectivity index (χ3n) is 3.17. The van der Waals surface area contributed by atoms with Crippen LogP contribution in [0.1, 0.15) is 101 Å². The van der Waals surface area contributed by atoms with Gasteiger partial charge in [0.05, 0.1) is 5.70 Å². The average Bonchev–Trinajstić information content (AvgIpc) is 2.69. The number of alkyl halides is 1. The van der Waals surface area contributed by atoms with E-state index in [-0.39, 0.29) is 0 Å². The first kappa shape index (κ1) is 31.5. The highest BCUT2D eigenvalue weighted by Crippen LogP contribution is 2.27. The fraction of sp³-hybridized carbons (Fsp3) is 0.857. The molecule has 3 heteroatoms. The van der Waals surface area contributed by atoms with Gasteiger partial charge in [-0.05, 0) is 38.2 Å². The minimum atomic E-state index is 0.361. The summed E-state index contributed by atoms with van der Waals surface area (Å²) >= 11 is 3.45. The van der Waals surface area contributed by atoms with Gasteiger partial charge in [-0.15, -0.1) is 0 Å². The highest BCUT2D eigenvalue weighted by Gasteiger charge is 2.23. The molecule has 0 amide bonds. The van der Waals surface area contributed by atoms with Crippen molar-refractivity contribution in [2.45, 2.75) is 101 Å². The summed E-state index contributed by atoms with van der Waals surface area (Å²) in [6.07, 6.45) is 5.01. The monoisotopic (exact) mass is 407 g/mol. The van der Waals surface area contributed by atoms with Gasteiger partial charge in [-0.2, -0.15) is 0 Å². The predicted molar refractivity (Wildman–Crippen MR) is 117 cm³/mol. The van der Waals surface area contributed by atoms with Crippen LogP contribution in [0, 0.1) is 0 Å². The third-order valence-corrected chi connectivity index (χ3v) is 3.73. The van der Waals surface area contributed by atoms with E-state index in [1.54, 1.807) is 0 Å². The van der Waals surface area contributed by atoms with Crippen molar-refractivity contribution in [2.24, 2.45) is 0 Å². The first-order valence-electron chi connectivity index (χ1n) is 10.3. The van der Waals surface area contributed by atoms with Crippen LogP contribution in [0.15, 0.2) is 11.3 Å². The lowest BCUT2D eigenvalue weighted by atomic mass is 9.92. The third kappa shape index (κ3) is 14.1. The second-order valence-corrected chi connectivity index (χ2v) is 5.00. The lowest BCUT2D eigenvalue weighted by molar-refractivity contribution is -0.117. The summed E-state index contributed by atoms with van der Waals surface area (Å²) < 4.78 is 0. The Labute approximate surface area is 162 Å². The zero-order valence-electron chi connectivity index (χ0n) is 18.4. The van der Waals surface area contributed by atoms with Gasteiger partial charge >= 0.3 is 0 Å². The normalized spacial score (nSPS) is 12.2. The summed E-state index contributed by atoms with van der Waals surface area (Å²) in [5.41, 5.74) is 2.41. The van der Waals surface area contributed by atoms with Crippen molar-refractivity contribution in [1.82, 2.24) is 4.90 Å². The van der Waals surface area contributed by atoms with Crippen LogP contribution in [-0.4, -0.2) is 29.1 Å². The molecular weight excluding hydrogens is 362 g/mol. The molecule has 0 aliphatic heterocycles. The molecule has 0 heterocycles. The second kappa shape index (κ2) is 27.5. The fourth-order valence-corrected chi connectivity index (χ4v) is 2.57. The van der Waals surface area contributed by atoms with Crippen LogP contribution in [0.3, 0.4) is 0 Å². The maximum atomic E-state index is 12.0. The molecule has 0 saturated carbocycles. The molecule has 24 heavy (non-hydrogen) atoms. The largest absolute Gasteiger partial charge is 0.369 e. The molecule has 2 nitrogen and oxygen atoms in total. The molecular formula is C21H46BrNO. The number of hydrogen-bond acceptors (Lipinski definition) is 2. The molecule has 148 valence electrons. The van der Waals surface area contributed by atoms with Crippen molar-refractivity contribution < 1.29 is 4.79 Å². The van der Waals surface area contributed by atoms with Gasteiger partial charge in [-0.1, -0.05) is 78.2 Å². The molecule has 0 aromatic rings. The number of halogens is 1. The SMILES string of the molecule is CC.CC.CC.CC.CCC1=C(N(CC)CCCBr)C(=O)CCC1. The molecule has 0 aromatic heterocycles. The molecule has 0 fully saturated rings. The van der Waals surface area contributed by atoms with Gasteiger partial charge in [-0.3, -0.25) is 4.79 Å². The van der Waals surface area contributed by atoms with Crippen molar-refractivity contribution in [3.8, 4) is 0 Å². The molecule has 0 spiro atoms. The molecule has 0 unspecified atom stereocenters. The van der Waals surface area contributed by atoms with Crippen LogP contribution in [0.2, 0.25) is 0 Å². The highest BCUT2D eigenvalue weighted by molar-refractivity contribution is 9.09. The van der Waals surface area contributed by atoms with Crippen LogP contribution >= 0.6 is 15.9 Å². The van der Waals surface area contributed by atoms with Gasteiger partial charge in [-0.25, -0.2) is 0 Å². The molecule has 1 aliphatic carbocycles. The van der Waals surface area contributed by atoms with E-state index in [1.165, 1.54) is 5.57 Å².